The van der Waals surface area contributed by atoms with E-state index in [4.69, 9.17) is 60.6 Å². The molecular formula is C62H66Cl4F2N8O9. The van der Waals surface area contributed by atoms with Crippen LogP contribution in [0.3, 0.4) is 0 Å². The predicted octanol–water partition coefficient (Wildman–Crippen LogP) is 10.8. The van der Waals surface area contributed by atoms with Crippen LogP contribution in [-0.2, 0) is 50.0 Å². The fourth-order valence-electron chi connectivity index (χ4n) is 12.2. The van der Waals surface area contributed by atoms with E-state index in [9.17, 15) is 29.7 Å². The quantitative estimate of drug-likeness (QED) is 0.104. The minimum absolute atomic E-state index is 0.0820. The number of carbonyl (C=O) groups is 3. The molecule has 23 heteroatoms. The Bertz CT molecular complexity index is 3450. The fraction of sp³-hybridized carbons (Fsp3) is 0.435. The standard InChI is InChI=1S/C31H33Cl2FN4O5.C31H33Cl2FN4O4/c1-29(2,3)43-28(40)37-11-9-18(10-12-37)30(4,41)20-13-23-26(24(34)14-20)31(42,19-5-7-21(32)8-6-19)38(27(23)39)17-25-35-15-22(33)16-36-25;1-30(40,19-7-10-37(2)11-8-19)21-13-25-28(26(34)14-21)31(42-24-9-12-41-18-24,20-3-5-22(32)6-4-20)38(29(25)39)17-27-35-15-23(33)16-36-27/h5-8,13-16,18,41-42H,9-12,17H2,1-4H3;3-6,13-16,19,24,40H,7-12,17-18H2,1-2H3/t;24-,30?,31+/m.0/s1. The molecule has 5 aliphatic rings. The first-order valence-electron chi connectivity index (χ1n) is 28.1. The summed E-state index contributed by atoms with van der Waals surface area (Å²) in [5, 5.41) is 37.2. The van der Waals surface area contributed by atoms with E-state index in [1.165, 1.54) is 66.1 Å². The van der Waals surface area contributed by atoms with Crippen LogP contribution in [0.5, 0.6) is 0 Å². The van der Waals surface area contributed by atoms with Crippen molar-refractivity contribution in [3.63, 3.8) is 0 Å². The molecule has 0 saturated carbocycles. The molecule has 2 aromatic heterocycles. The smallest absolute Gasteiger partial charge is 0.410 e. The van der Waals surface area contributed by atoms with E-state index in [1.54, 1.807) is 69.9 Å². The van der Waals surface area contributed by atoms with Crippen LogP contribution in [0.25, 0.3) is 0 Å². The lowest BCUT2D eigenvalue weighted by atomic mass is 9.76. The number of rotatable bonds is 12. The lowest BCUT2D eigenvalue weighted by Gasteiger charge is -2.41. The maximum absolute atomic E-state index is 16.7. The van der Waals surface area contributed by atoms with Gasteiger partial charge in [-0.25, -0.2) is 33.5 Å². The molecule has 0 aliphatic carbocycles. The Morgan fingerprint density at radius 1 is 0.647 bits per heavy atom. The highest BCUT2D eigenvalue weighted by molar-refractivity contribution is 6.31. The number of likely N-dealkylation sites (tertiary alicyclic amines) is 2. The molecule has 7 heterocycles. The van der Waals surface area contributed by atoms with E-state index < -0.39 is 63.9 Å². The number of hydrogen-bond donors (Lipinski definition) is 3. The van der Waals surface area contributed by atoms with Gasteiger partial charge in [-0.05, 0) is 158 Å². The Morgan fingerprint density at radius 3 is 1.58 bits per heavy atom. The topological polar surface area (TPSA) is 204 Å². The Balaban J connectivity index is 0.000000189. The summed E-state index contributed by atoms with van der Waals surface area (Å²) in [5.41, 5.74) is -6.23. The third kappa shape index (κ3) is 12.4. The van der Waals surface area contributed by atoms with E-state index in [0.29, 0.717) is 82.6 Å². The van der Waals surface area contributed by atoms with Gasteiger partial charge in [0.2, 0.25) is 5.72 Å². The zero-order valence-electron chi connectivity index (χ0n) is 47.8. The van der Waals surface area contributed by atoms with Crippen molar-refractivity contribution in [1.29, 1.82) is 0 Å². The van der Waals surface area contributed by atoms with Gasteiger partial charge in [-0.2, -0.15) is 0 Å². The number of aliphatic hydroxyl groups is 3. The fourth-order valence-corrected chi connectivity index (χ4v) is 12.6. The number of aromatic nitrogens is 4. The molecule has 4 aromatic carbocycles. The second-order valence-corrected chi connectivity index (χ2v) is 25.5. The number of ether oxygens (including phenoxy) is 3. The van der Waals surface area contributed by atoms with Crippen molar-refractivity contribution in [1.82, 2.24) is 39.5 Å². The number of carbonyl (C=O) groups excluding carboxylic acids is 3. The van der Waals surface area contributed by atoms with Crippen molar-refractivity contribution in [3.8, 4) is 0 Å². The Hall–Kier alpha value is -5.97. The summed E-state index contributed by atoms with van der Waals surface area (Å²) in [5.74, 6) is -2.56. The molecular weight excluding hydrogens is 1180 g/mol. The number of amides is 3. The van der Waals surface area contributed by atoms with Crippen LogP contribution in [0.1, 0.15) is 132 Å². The third-order valence-corrected chi connectivity index (χ3v) is 17.8. The lowest BCUT2D eigenvalue weighted by molar-refractivity contribution is -0.149. The molecule has 6 aromatic rings. The predicted molar refractivity (Wildman–Crippen MR) is 314 cm³/mol. The van der Waals surface area contributed by atoms with Gasteiger partial charge in [0, 0.05) is 65.7 Å². The van der Waals surface area contributed by atoms with E-state index in [-0.39, 0.29) is 64.1 Å². The van der Waals surface area contributed by atoms with Crippen molar-refractivity contribution in [2.75, 3.05) is 46.4 Å². The van der Waals surface area contributed by atoms with E-state index >= 15 is 8.78 Å². The average Bonchev–Trinajstić information content (AvgIpc) is 1.59. The van der Waals surface area contributed by atoms with Crippen molar-refractivity contribution in [3.05, 3.63) is 185 Å². The molecule has 3 saturated heterocycles. The molecule has 0 radical (unpaired) electrons. The van der Waals surface area contributed by atoms with Crippen LogP contribution in [0, 0.1) is 23.5 Å². The number of benzene rings is 4. The molecule has 17 nitrogen and oxygen atoms in total. The van der Waals surface area contributed by atoms with Crippen LogP contribution in [0.2, 0.25) is 20.1 Å². The summed E-state index contributed by atoms with van der Waals surface area (Å²) >= 11 is 24.3. The molecule has 5 aliphatic heterocycles. The number of piperidine rings is 2. The molecule has 0 spiro atoms. The molecule has 5 atom stereocenters. The number of hydrogen-bond acceptors (Lipinski definition) is 14. The third-order valence-electron chi connectivity index (χ3n) is 16.9. The Labute approximate surface area is 511 Å². The van der Waals surface area contributed by atoms with Crippen LogP contribution < -0.4 is 0 Å². The molecule has 0 bridgehead atoms. The van der Waals surface area contributed by atoms with E-state index in [1.807, 2.05) is 7.05 Å². The molecule has 85 heavy (non-hydrogen) atoms. The largest absolute Gasteiger partial charge is 0.444 e. The first-order chi connectivity index (χ1) is 40.2. The van der Waals surface area contributed by atoms with Gasteiger partial charge in [0.05, 0.1) is 69.3 Å². The highest BCUT2D eigenvalue weighted by Crippen LogP contribution is 2.51. The highest BCUT2D eigenvalue weighted by Gasteiger charge is 2.57. The first-order valence-corrected chi connectivity index (χ1v) is 29.6. The van der Waals surface area contributed by atoms with Gasteiger partial charge in [0.1, 0.15) is 28.9 Å². The molecule has 3 N–H and O–H groups in total. The minimum Gasteiger partial charge on any atom is -0.444 e. The average molecular weight is 1250 g/mol. The number of nitrogens with zero attached hydrogens (tertiary/aromatic N) is 8. The van der Waals surface area contributed by atoms with Gasteiger partial charge >= 0.3 is 6.09 Å². The molecule has 3 fully saturated rings. The number of halogens is 6. The molecule has 11 rings (SSSR count). The van der Waals surface area contributed by atoms with Gasteiger partial charge in [-0.15, -0.1) is 0 Å². The second kappa shape index (κ2) is 24.3. The van der Waals surface area contributed by atoms with Crippen molar-refractivity contribution < 1.29 is 52.7 Å². The van der Waals surface area contributed by atoms with Crippen molar-refractivity contribution in [2.24, 2.45) is 11.8 Å². The summed E-state index contributed by atoms with van der Waals surface area (Å²) in [6.45, 7) is 11.5. The normalized spacial score (nSPS) is 22.6. The van der Waals surface area contributed by atoms with E-state index in [2.05, 4.69) is 24.8 Å². The van der Waals surface area contributed by atoms with Crippen LogP contribution in [0.4, 0.5) is 13.6 Å². The Kier molecular flexibility index (Phi) is 17.8. The highest BCUT2D eigenvalue weighted by atomic mass is 35.5. The lowest BCUT2D eigenvalue weighted by Crippen LogP contribution is -2.49. The molecule has 450 valence electrons. The number of fused-ring (bicyclic) bond motifs is 2. The molecule has 3 amide bonds. The summed E-state index contributed by atoms with van der Waals surface area (Å²) in [4.78, 5) is 64.1. The summed E-state index contributed by atoms with van der Waals surface area (Å²) in [6.07, 6.45) is 7.77. The first kappa shape index (κ1) is 62.1. The maximum Gasteiger partial charge on any atom is 0.410 e. The van der Waals surface area contributed by atoms with Crippen LogP contribution >= 0.6 is 46.4 Å². The van der Waals surface area contributed by atoms with Crippen molar-refractivity contribution in [2.45, 2.75) is 114 Å². The van der Waals surface area contributed by atoms with Crippen LogP contribution in [0.15, 0.2) is 97.6 Å². The summed E-state index contributed by atoms with van der Waals surface area (Å²) in [7, 11) is 2.05. The maximum atomic E-state index is 16.7. The SMILES string of the molecule is CC(C)(C)OC(=O)N1CCC(C(C)(O)c2cc(F)c3c(c2)C(=O)N(Cc2ncc(Cl)cn2)C3(O)c2ccc(Cl)cc2)CC1.CN1CCC(C(C)(O)c2cc(F)c3c(c2)C(=O)N(Cc2ncc(Cl)cn2)[C@@]3(O[C@H]2CCOC2)c2ccc(Cl)cc2)CC1. The molecule has 3 unspecified atom stereocenters. The Morgan fingerprint density at radius 2 is 1.09 bits per heavy atom. The zero-order valence-corrected chi connectivity index (χ0v) is 50.8. The van der Waals surface area contributed by atoms with Gasteiger partial charge in [-0.3, -0.25) is 19.4 Å². The second-order valence-electron chi connectivity index (χ2n) is 23.7. The van der Waals surface area contributed by atoms with Crippen molar-refractivity contribution >= 4 is 64.3 Å². The van der Waals surface area contributed by atoms with Gasteiger partial charge < -0.3 is 39.3 Å². The monoisotopic (exact) mass is 1240 g/mol. The zero-order chi connectivity index (χ0) is 61.0. The van der Waals surface area contributed by atoms with E-state index in [0.717, 1.165) is 36.9 Å². The van der Waals surface area contributed by atoms with Gasteiger partial charge in [0.15, 0.2) is 5.72 Å². The summed E-state index contributed by atoms with van der Waals surface area (Å²) < 4.78 is 50.7. The van der Waals surface area contributed by atoms with Crippen LogP contribution in [-0.4, -0.2) is 131 Å². The van der Waals surface area contributed by atoms with Gasteiger partial charge in [0.25, 0.3) is 11.8 Å². The minimum atomic E-state index is -2.22. The van der Waals surface area contributed by atoms with Gasteiger partial charge in [-0.1, -0.05) is 70.7 Å². The summed E-state index contributed by atoms with van der Waals surface area (Å²) in [6, 6.07) is 18.5.